The van der Waals surface area contributed by atoms with Gasteiger partial charge in [0.15, 0.2) is 0 Å². The van der Waals surface area contributed by atoms with Gasteiger partial charge >= 0.3 is 0 Å². The summed E-state index contributed by atoms with van der Waals surface area (Å²) in [4.78, 5) is 0. The summed E-state index contributed by atoms with van der Waals surface area (Å²) in [6.07, 6.45) is 0. The van der Waals surface area contributed by atoms with E-state index in [9.17, 15) is 0 Å². The molecule has 0 aliphatic heterocycles. The van der Waals surface area contributed by atoms with E-state index >= 15 is 0 Å². The summed E-state index contributed by atoms with van der Waals surface area (Å²) in [7, 11) is 0. The van der Waals surface area contributed by atoms with Crippen molar-refractivity contribution in [2.75, 3.05) is 0 Å². The number of furan rings is 1. The van der Waals surface area contributed by atoms with Crippen LogP contribution in [0.4, 0.5) is 0 Å². The van der Waals surface area contributed by atoms with Crippen molar-refractivity contribution in [2.24, 2.45) is 0 Å². The molecule has 9 rings (SSSR count). The van der Waals surface area contributed by atoms with Crippen molar-refractivity contribution in [3.05, 3.63) is 158 Å². The van der Waals surface area contributed by atoms with E-state index in [1.807, 2.05) is 0 Å². The van der Waals surface area contributed by atoms with Crippen LogP contribution in [-0.2, 0) is 0 Å². The molecule has 9 aromatic rings. The zero-order valence-corrected chi connectivity index (χ0v) is 23.4. The second kappa shape index (κ2) is 9.44. The summed E-state index contributed by atoms with van der Waals surface area (Å²) in [5.74, 6) is 0. The van der Waals surface area contributed by atoms with E-state index in [-0.39, 0.29) is 0 Å². The second-order valence-electron chi connectivity index (χ2n) is 11.2. The van der Waals surface area contributed by atoms with Gasteiger partial charge in [0.2, 0.25) is 0 Å². The maximum Gasteiger partial charge on any atom is 0.136 e. The monoisotopic (exact) mass is 546 g/mol. The van der Waals surface area contributed by atoms with Crippen molar-refractivity contribution in [1.82, 2.24) is 0 Å². The standard InChI is InChI=1S/C42H26O/c1-2-13-28(14-3-1)40-32-17-6-8-19-34(32)41(35-20-9-7-18-33(35)40)37-22-11-23-38-42(37)36-25-24-29(26-39(36)43-38)31-21-10-15-27-12-4-5-16-30(27)31/h1-26H. The number of benzene rings is 8. The molecule has 0 aliphatic rings. The van der Waals surface area contributed by atoms with Gasteiger partial charge in [-0.05, 0) is 83.9 Å². The van der Waals surface area contributed by atoms with Crippen molar-refractivity contribution in [3.63, 3.8) is 0 Å². The highest BCUT2D eigenvalue weighted by molar-refractivity contribution is 6.25. The first kappa shape index (κ1) is 24.0. The lowest BCUT2D eigenvalue weighted by Gasteiger charge is -2.18. The fourth-order valence-corrected chi connectivity index (χ4v) is 7.01. The van der Waals surface area contributed by atoms with Crippen molar-refractivity contribution < 1.29 is 4.42 Å². The molecule has 43 heavy (non-hydrogen) atoms. The fourth-order valence-electron chi connectivity index (χ4n) is 7.01. The molecule has 0 unspecified atom stereocenters. The molecule has 0 saturated heterocycles. The van der Waals surface area contributed by atoms with Crippen LogP contribution in [0.15, 0.2) is 162 Å². The number of hydrogen-bond donors (Lipinski definition) is 0. The Labute approximate surface area is 249 Å². The van der Waals surface area contributed by atoms with Crippen LogP contribution in [0.1, 0.15) is 0 Å². The minimum Gasteiger partial charge on any atom is -0.456 e. The first-order valence-electron chi connectivity index (χ1n) is 14.8. The molecule has 200 valence electrons. The molecule has 0 bridgehead atoms. The van der Waals surface area contributed by atoms with Gasteiger partial charge in [-0.25, -0.2) is 0 Å². The number of rotatable bonds is 3. The Kier molecular flexibility index (Phi) is 5.27. The molecule has 0 spiro atoms. The van der Waals surface area contributed by atoms with Gasteiger partial charge < -0.3 is 4.42 Å². The molecule has 1 nitrogen and oxygen atoms in total. The predicted molar refractivity (Wildman–Crippen MR) is 183 cm³/mol. The molecule has 0 atom stereocenters. The lowest BCUT2D eigenvalue weighted by atomic mass is 9.85. The molecule has 0 aliphatic carbocycles. The van der Waals surface area contributed by atoms with Crippen LogP contribution in [0.3, 0.4) is 0 Å². The average molecular weight is 547 g/mol. The molecule has 1 aromatic heterocycles. The first-order valence-corrected chi connectivity index (χ1v) is 14.8. The molecule has 0 N–H and O–H groups in total. The van der Waals surface area contributed by atoms with E-state index in [1.165, 1.54) is 60.1 Å². The minimum absolute atomic E-state index is 0.905. The van der Waals surface area contributed by atoms with Crippen LogP contribution >= 0.6 is 0 Å². The van der Waals surface area contributed by atoms with Gasteiger partial charge in [-0.2, -0.15) is 0 Å². The maximum absolute atomic E-state index is 6.61. The molecule has 0 fully saturated rings. The van der Waals surface area contributed by atoms with Gasteiger partial charge in [-0.3, -0.25) is 0 Å². The molecule has 0 saturated carbocycles. The molecule has 0 amide bonds. The Balaban J connectivity index is 1.35. The van der Waals surface area contributed by atoms with E-state index in [1.54, 1.807) is 0 Å². The van der Waals surface area contributed by atoms with Crippen LogP contribution in [0.5, 0.6) is 0 Å². The summed E-state index contributed by atoms with van der Waals surface area (Å²) in [5.41, 5.74) is 9.14. The van der Waals surface area contributed by atoms with Crippen LogP contribution in [0.2, 0.25) is 0 Å². The topological polar surface area (TPSA) is 13.1 Å². The average Bonchev–Trinajstić information content (AvgIpc) is 3.45. The minimum atomic E-state index is 0.905. The normalized spacial score (nSPS) is 11.7. The quantitative estimate of drug-likeness (QED) is 0.201. The Morgan fingerprint density at radius 1 is 0.326 bits per heavy atom. The van der Waals surface area contributed by atoms with Gasteiger partial charge in [0.25, 0.3) is 0 Å². The molecular formula is C42H26O. The van der Waals surface area contributed by atoms with Gasteiger partial charge in [-0.1, -0.05) is 140 Å². The molecule has 8 aromatic carbocycles. The first-order chi connectivity index (χ1) is 21.3. The summed E-state index contributed by atoms with van der Waals surface area (Å²) in [6, 6.07) is 56.6. The highest BCUT2D eigenvalue weighted by Gasteiger charge is 2.20. The number of fused-ring (bicyclic) bond motifs is 6. The Morgan fingerprint density at radius 3 is 1.65 bits per heavy atom. The van der Waals surface area contributed by atoms with Gasteiger partial charge in [0.05, 0.1) is 0 Å². The van der Waals surface area contributed by atoms with Crippen molar-refractivity contribution in [1.29, 1.82) is 0 Å². The van der Waals surface area contributed by atoms with E-state index in [4.69, 9.17) is 4.42 Å². The largest absolute Gasteiger partial charge is 0.456 e. The van der Waals surface area contributed by atoms with Crippen LogP contribution < -0.4 is 0 Å². The zero-order chi connectivity index (χ0) is 28.3. The second-order valence-corrected chi connectivity index (χ2v) is 11.2. The summed E-state index contributed by atoms with van der Waals surface area (Å²) < 4.78 is 6.61. The van der Waals surface area contributed by atoms with E-state index in [0.717, 1.165) is 27.5 Å². The third kappa shape index (κ3) is 3.65. The van der Waals surface area contributed by atoms with Crippen LogP contribution in [-0.4, -0.2) is 0 Å². The van der Waals surface area contributed by atoms with E-state index in [0.29, 0.717) is 0 Å². The lowest BCUT2D eigenvalue weighted by Crippen LogP contribution is -1.91. The number of hydrogen-bond acceptors (Lipinski definition) is 1. The summed E-state index contributed by atoms with van der Waals surface area (Å²) in [5, 5.41) is 9.78. The Hall–Kier alpha value is -5.66. The third-order valence-corrected chi connectivity index (χ3v) is 8.86. The SMILES string of the molecule is c1ccc(-c2c3ccccc3c(-c3cccc4oc5cc(-c6cccc7ccccc67)ccc5c34)c3ccccc23)cc1. The highest BCUT2D eigenvalue weighted by Crippen LogP contribution is 2.47. The smallest absolute Gasteiger partial charge is 0.136 e. The zero-order valence-electron chi connectivity index (χ0n) is 23.4. The highest BCUT2D eigenvalue weighted by atomic mass is 16.3. The van der Waals surface area contributed by atoms with Crippen molar-refractivity contribution in [2.45, 2.75) is 0 Å². The van der Waals surface area contributed by atoms with E-state index in [2.05, 4.69) is 158 Å². The molecule has 1 heterocycles. The maximum atomic E-state index is 6.61. The van der Waals surface area contributed by atoms with Crippen molar-refractivity contribution >= 4 is 54.3 Å². The van der Waals surface area contributed by atoms with Gasteiger partial charge in [0, 0.05) is 10.8 Å². The predicted octanol–water partition coefficient (Wildman–Crippen LogP) is 12.0. The summed E-state index contributed by atoms with van der Waals surface area (Å²) >= 11 is 0. The van der Waals surface area contributed by atoms with Crippen molar-refractivity contribution in [3.8, 4) is 33.4 Å². The fraction of sp³-hybridized carbons (Fsp3) is 0. The lowest BCUT2D eigenvalue weighted by molar-refractivity contribution is 0.669. The third-order valence-electron chi connectivity index (χ3n) is 8.86. The molecule has 0 radical (unpaired) electrons. The van der Waals surface area contributed by atoms with Gasteiger partial charge in [0.1, 0.15) is 11.2 Å². The van der Waals surface area contributed by atoms with Crippen LogP contribution in [0.25, 0.3) is 87.6 Å². The summed E-state index contributed by atoms with van der Waals surface area (Å²) in [6.45, 7) is 0. The Morgan fingerprint density at radius 2 is 0.907 bits per heavy atom. The van der Waals surface area contributed by atoms with Crippen LogP contribution in [0, 0.1) is 0 Å². The Bertz CT molecular complexity index is 2440. The van der Waals surface area contributed by atoms with E-state index < -0.39 is 0 Å². The molecular weight excluding hydrogens is 520 g/mol. The molecule has 1 heteroatoms. The van der Waals surface area contributed by atoms with Gasteiger partial charge in [-0.15, -0.1) is 0 Å².